The zero-order valence-corrected chi connectivity index (χ0v) is 13.7. The molecule has 23 heavy (non-hydrogen) atoms. The van der Waals surface area contributed by atoms with Crippen molar-refractivity contribution >= 4 is 22.6 Å². The first-order valence-corrected chi connectivity index (χ1v) is 8.11. The number of nitrogens with zero attached hydrogens (tertiary/aromatic N) is 2. The van der Waals surface area contributed by atoms with Gasteiger partial charge in [0.25, 0.3) is 0 Å². The van der Waals surface area contributed by atoms with E-state index in [4.69, 9.17) is 11.6 Å². The lowest BCUT2D eigenvalue weighted by molar-refractivity contribution is 0.156. The molecule has 0 aliphatic carbocycles. The van der Waals surface area contributed by atoms with Crippen LogP contribution in [0.3, 0.4) is 0 Å². The first-order valence-electron chi connectivity index (χ1n) is 7.74. The number of aryl methyl sites for hydroxylation is 1. The number of halogens is 1. The van der Waals surface area contributed by atoms with Crippen LogP contribution in [-0.4, -0.2) is 14.2 Å². The molecular weight excluding hydrogens is 312 g/mol. The van der Waals surface area contributed by atoms with Crippen molar-refractivity contribution in [3.63, 3.8) is 0 Å². The van der Waals surface area contributed by atoms with Gasteiger partial charge in [-0.15, -0.1) is 0 Å². The summed E-state index contributed by atoms with van der Waals surface area (Å²) >= 11 is 6.15. The number of hydrogen-bond acceptors (Lipinski definition) is 2. The Morgan fingerprint density at radius 3 is 2.30 bits per heavy atom. The highest BCUT2D eigenvalue weighted by Crippen LogP contribution is 2.24. The monoisotopic (exact) mass is 330 g/mol. The zero-order valence-electron chi connectivity index (χ0n) is 12.9. The van der Waals surface area contributed by atoms with Gasteiger partial charge in [-0.25, -0.2) is 4.79 Å². The summed E-state index contributed by atoms with van der Waals surface area (Å²) in [6.07, 6.45) is 0.0448. The van der Waals surface area contributed by atoms with E-state index < -0.39 is 6.10 Å². The van der Waals surface area contributed by atoms with E-state index in [9.17, 15) is 9.90 Å². The Labute approximate surface area is 139 Å². The Kier molecular flexibility index (Phi) is 4.55. The third-order valence-electron chi connectivity index (χ3n) is 3.99. The second-order valence-electron chi connectivity index (χ2n) is 5.57. The lowest BCUT2D eigenvalue weighted by Gasteiger charge is -2.13. The average molecular weight is 331 g/mol. The Bertz CT molecular complexity index is 882. The van der Waals surface area contributed by atoms with Crippen LogP contribution in [0.15, 0.2) is 53.3 Å². The Morgan fingerprint density at radius 1 is 1.04 bits per heavy atom. The fraction of sp³-hybridized carbons (Fsp3) is 0.278. The lowest BCUT2D eigenvalue weighted by atomic mass is 10.1. The summed E-state index contributed by atoms with van der Waals surface area (Å²) in [7, 11) is 0. The first-order chi connectivity index (χ1) is 11.1. The smallest absolute Gasteiger partial charge is 0.329 e. The highest BCUT2D eigenvalue weighted by molar-refractivity contribution is 6.31. The first kappa shape index (κ1) is 15.8. The fourth-order valence-corrected chi connectivity index (χ4v) is 3.17. The summed E-state index contributed by atoms with van der Waals surface area (Å²) in [4.78, 5) is 12.7. The molecule has 4 nitrogen and oxygen atoms in total. The number of aliphatic hydroxyl groups excluding tert-OH is 1. The van der Waals surface area contributed by atoms with Crippen molar-refractivity contribution in [1.29, 1.82) is 0 Å². The van der Waals surface area contributed by atoms with Gasteiger partial charge in [0.15, 0.2) is 0 Å². The number of imidazole rings is 1. The molecule has 0 aliphatic heterocycles. The molecule has 2 aromatic carbocycles. The molecule has 0 aliphatic rings. The Hall–Kier alpha value is -2.04. The number of aromatic nitrogens is 2. The molecule has 0 fully saturated rings. The van der Waals surface area contributed by atoms with Gasteiger partial charge in [-0.3, -0.25) is 9.13 Å². The number of benzene rings is 2. The van der Waals surface area contributed by atoms with Crippen LogP contribution in [0.5, 0.6) is 0 Å². The van der Waals surface area contributed by atoms with Gasteiger partial charge in [-0.2, -0.15) is 0 Å². The highest BCUT2D eigenvalue weighted by Gasteiger charge is 2.17. The van der Waals surface area contributed by atoms with Gasteiger partial charge >= 0.3 is 5.69 Å². The van der Waals surface area contributed by atoms with E-state index in [0.29, 0.717) is 17.1 Å². The molecule has 0 bridgehead atoms. The van der Waals surface area contributed by atoms with E-state index in [1.165, 1.54) is 0 Å². The third kappa shape index (κ3) is 2.92. The largest absolute Gasteiger partial charge is 0.386 e. The highest BCUT2D eigenvalue weighted by atomic mass is 35.5. The molecule has 0 spiro atoms. The van der Waals surface area contributed by atoms with Crippen LogP contribution < -0.4 is 5.69 Å². The van der Waals surface area contributed by atoms with E-state index >= 15 is 0 Å². The van der Waals surface area contributed by atoms with E-state index in [1.54, 1.807) is 21.3 Å². The summed E-state index contributed by atoms with van der Waals surface area (Å²) in [5.74, 6) is 0. The van der Waals surface area contributed by atoms with E-state index in [1.807, 2.05) is 43.3 Å². The molecule has 1 N–H and O–H groups in total. The second-order valence-corrected chi connectivity index (χ2v) is 5.98. The summed E-state index contributed by atoms with van der Waals surface area (Å²) in [6, 6.07) is 14.8. The second kappa shape index (κ2) is 6.60. The normalized spacial score (nSPS) is 12.7. The maximum absolute atomic E-state index is 12.7. The van der Waals surface area contributed by atoms with Gasteiger partial charge in [0.2, 0.25) is 0 Å². The van der Waals surface area contributed by atoms with E-state index in [0.717, 1.165) is 17.5 Å². The maximum atomic E-state index is 12.7. The summed E-state index contributed by atoms with van der Waals surface area (Å²) in [5.41, 5.74) is 2.26. The minimum absolute atomic E-state index is 0.0980. The summed E-state index contributed by atoms with van der Waals surface area (Å²) in [6.45, 7) is 2.88. The minimum atomic E-state index is -0.831. The van der Waals surface area contributed by atoms with Gasteiger partial charge in [0, 0.05) is 17.1 Å². The predicted molar refractivity (Wildman–Crippen MR) is 92.9 cm³/mol. The van der Waals surface area contributed by atoms with Crippen LogP contribution in [0.1, 0.15) is 25.0 Å². The van der Waals surface area contributed by atoms with Gasteiger partial charge in [0.05, 0.1) is 23.7 Å². The van der Waals surface area contributed by atoms with Crippen LogP contribution in [0.4, 0.5) is 0 Å². The fourth-order valence-electron chi connectivity index (χ4n) is 2.91. The lowest BCUT2D eigenvalue weighted by Crippen LogP contribution is -2.26. The molecule has 1 unspecified atom stereocenters. The number of aliphatic hydroxyl groups is 1. The van der Waals surface area contributed by atoms with Gasteiger partial charge < -0.3 is 5.11 Å². The van der Waals surface area contributed by atoms with Gasteiger partial charge in [-0.1, -0.05) is 48.9 Å². The standard InChI is InChI=1S/C18H19ClN2O2/c1-2-11-20-15-9-5-6-10-16(15)21(18(20)23)12-17(22)13-7-3-4-8-14(13)19/h3-10,17,22H,2,11-12H2,1H3. The Balaban J connectivity index is 2.05. The SMILES string of the molecule is CCCn1c(=O)n(CC(O)c2ccccc2Cl)c2ccccc21. The topological polar surface area (TPSA) is 47.2 Å². The molecular formula is C18H19ClN2O2. The van der Waals surface area contributed by atoms with Crippen molar-refractivity contribution in [2.75, 3.05) is 0 Å². The molecule has 3 aromatic rings. The van der Waals surface area contributed by atoms with Crippen molar-refractivity contribution in [2.45, 2.75) is 32.5 Å². The van der Waals surface area contributed by atoms with Crippen molar-refractivity contribution in [2.24, 2.45) is 0 Å². The number of rotatable bonds is 5. The molecule has 0 amide bonds. The van der Waals surface area contributed by atoms with Crippen LogP contribution in [0.2, 0.25) is 5.02 Å². The number of fused-ring (bicyclic) bond motifs is 1. The Morgan fingerprint density at radius 2 is 1.65 bits per heavy atom. The van der Waals surface area contributed by atoms with Crippen LogP contribution in [0, 0.1) is 0 Å². The molecule has 1 heterocycles. The molecule has 3 rings (SSSR count). The average Bonchev–Trinajstić information content (AvgIpc) is 2.81. The van der Waals surface area contributed by atoms with Crippen molar-refractivity contribution < 1.29 is 5.11 Å². The molecule has 0 radical (unpaired) electrons. The van der Waals surface area contributed by atoms with Crippen LogP contribution in [0.25, 0.3) is 11.0 Å². The van der Waals surface area contributed by atoms with E-state index in [2.05, 4.69) is 0 Å². The van der Waals surface area contributed by atoms with Crippen molar-refractivity contribution in [3.8, 4) is 0 Å². The van der Waals surface area contributed by atoms with E-state index in [-0.39, 0.29) is 12.2 Å². The maximum Gasteiger partial charge on any atom is 0.329 e. The third-order valence-corrected chi connectivity index (χ3v) is 4.34. The van der Waals surface area contributed by atoms with Gasteiger partial charge in [-0.05, 0) is 24.6 Å². The summed E-state index contributed by atoms with van der Waals surface area (Å²) in [5, 5.41) is 11.0. The molecule has 5 heteroatoms. The van der Waals surface area contributed by atoms with Crippen LogP contribution >= 0.6 is 11.6 Å². The number of hydrogen-bond donors (Lipinski definition) is 1. The molecule has 0 saturated heterocycles. The van der Waals surface area contributed by atoms with Gasteiger partial charge in [0.1, 0.15) is 0 Å². The zero-order chi connectivity index (χ0) is 16.4. The van der Waals surface area contributed by atoms with Crippen molar-refractivity contribution in [3.05, 3.63) is 69.6 Å². The molecule has 0 saturated carbocycles. The quantitative estimate of drug-likeness (QED) is 0.777. The van der Waals surface area contributed by atoms with Crippen LogP contribution in [-0.2, 0) is 13.1 Å². The molecule has 1 aromatic heterocycles. The summed E-state index contributed by atoms with van der Waals surface area (Å²) < 4.78 is 3.38. The minimum Gasteiger partial charge on any atom is -0.386 e. The number of para-hydroxylation sites is 2. The molecule has 120 valence electrons. The van der Waals surface area contributed by atoms with Crippen molar-refractivity contribution in [1.82, 2.24) is 9.13 Å². The molecule has 1 atom stereocenters. The predicted octanol–water partition coefficient (Wildman–Crippen LogP) is 3.60.